The maximum absolute atomic E-state index is 15.4. The van der Waals surface area contributed by atoms with Gasteiger partial charge in [0, 0.05) is 34.1 Å². The van der Waals surface area contributed by atoms with Crippen LogP contribution in [0.2, 0.25) is 0 Å². The van der Waals surface area contributed by atoms with Gasteiger partial charge in [0.25, 0.3) is 5.92 Å². The lowest BCUT2D eigenvalue weighted by atomic mass is 9.89. The highest BCUT2D eigenvalue weighted by Crippen LogP contribution is 2.68. The van der Waals surface area contributed by atoms with Crippen molar-refractivity contribution in [1.82, 2.24) is 24.9 Å². The molecule has 0 aliphatic heterocycles. The molecule has 318 valence electrons. The first-order valence-electron chi connectivity index (χ1n) is 17.9. The minimum absolute atomic E-state index is 0.0197. The van der Waals surface area contributed by atoms with E-state index in [2.05, 4.69) is 32.1 Å². The number of fused-ring (bicyclic) bond motifs is 4. The van der Waals surface area contributed by atoms with Crippen LogP contribution in [-0.4, -0.2) is 57.0 Å². The number of benzene rings is 3. The van der Waals surface area contributed by atoms with E-state index in [1.807, 2.05) is 0 Å². The van der Waals surface area contributed by atoms with Crippen molar-refractivity contribution < 1.29 is 62.2 Å². The fourth-order valence-electron chi connectivity index (χ4n) is 7.56. The Labute approximate surface area is 334 Å². The first-order chi connectivity index (χ1) is 27.7. The molecule has 0 unspecified atom stereocenters. The van der Waals surface area contributed by atoms with Gasteiger partial charge in [0.05, 0.1) is 17.8 Å². The quantitative estimate of drug-likeness (QED) is 0.0982. The summed E-state index contributed by atoms with van der Waals surface area (Å²) in [5, 5.41) is 20.0. The summed E-state index contributed by atoms with van der Waals surface area (Å²) in [5.74, 6) is -4.70. The zero-order valence-corrected chi connectivity index (χ0v) is 32.2. The van der Waals surface area contributed by atoms with E-state index in [0.717, 1.165) is 18.4 Å². The number of aliphatic hydroxyl groups is 1. The van der Waals surface area contributed by atoms with E-state index in [9.17, 15) is 53.4 Å². The number of carbonyl (C=O) groups is 1. The van der Waals surface area contributed by atoms with Gasteiger partial charge in [-0.3, -0.25) is 18.9 Å². The van der Waals surface area contributed by atoms with Gasteiger partial charge >= 0.3 is 12.4 Å². The normalized spacial score (nSPS) is 17.8. The zero-order valence-electron chi connectivity index (χ0n) is 31.4. The molecule has 1 fully saturated rings. The molecule has 2 aliphatic rings. The topological polar surface area (TPSA) is 131 Å². The monoisotopic (exact) mass is 870 g/mol. The third-order valence-corrected chi connectivity index (χ3v) is 10.4. The van der Waals surface area contributed by atoms with Crippen molar-refractivity contribution in [2.24, 2.45) is 5.92 Å². The molecule has 3 aromatic carbocycles. The minimum atomic E-state index is -5.14. The molecule has 5 aromatic rings. The number of hydrogen-bond acceptors (Lipinski definition) is 6. The van der Waals surface area contributed by atoms with Crippen LogP contribution >= 0.6 is 0 Å². The van der Waals surface area contributed by atoms with E-state index in [-0.39, 0.29) is 49.8 Å². The predicted octanol–water partition coefficient (Wildman–Crippen LogP) is 7.56. The Morgan fingerprint density at radius 2 is 1.67 bits per heavy atom. The average molecular weight is 871 g/mol. The number of halogens is 10. The SMILES string of the molecule is CC(C)(O)C#Cc1ccc(-c2cccc3c(NS(C)(=O)=O)nn(CC(F)(F)F)c23)c([C@H](Cc2cc(F)cc(F)c2)NC(=O)Cn2nc(C(F)(F)F)c3c2C(F)(F)[C@@H]2C[C@H]32)c1. The number of anilines is 1. The summed E-state index contributed by atoms with van der Waals surface area (Å²) in [4.78, 5) is 13.9. The first-order valence-corrected chi connectivity index (χ1v) is 19.8. The summed E-state index contributed by atoms with van der Waals surface area (Å²) < 4.78 is 171. The summed E-state index contributed by atoms with van der Waals surface area (Å²) in [6.07, 6.45) is -9.98. The van der Waals surface area contributed by atoms with Crippen molar-refractivity contribution in [2.45, 2.75) is 75.6 Å². The van der Waals surface area contributed by atoms with Crippen molar-refractivity contribution in [3.05, 3.63) is 99.9 Å². The molecular weight excluding hydrogens is 839 g/mol. The van der Waals surface area contributed by atoms with E-state index in [4.69, 9.17) is 0 Å². The number of nitrogens with zero attached hydrogens (tertiary/aromatic N) is 4. The van der Waals surface area contributed by atoms with Gasteiger partial charge in [-0.2, -0.15) is 45.3 Å². The van der Waals surface area contributed by atoms with Crippen molar-refractivity contribution in [2.75, 3.05) is 11.0 Å². The molecule has 2 aromatic heterocycles. The molecule has 7 rings (SSSR count). The van der Waals surface area contributed by atoms with E-state index < -0.39 is 112 Å². The number of amides is 1. The maximum atomic E-state index is 15.4. The molecule has 1 amide bonds. The van der Waals surface area contributed by atoms with Crippen LogP contribution in [-0.2, 0) is 46.4 Å². The van der Waals surface area contributed by atoms with Gasteiger partial charge < -0.3 is 10.4 Å². The number of sulfonamides is 1. The summed E-state index contributed by atoms with van der Waals surface area (Å²) in [6.45, 7) is -0.154. The van der Waals surface area contributed by atoms with Crippen LogP contribution in [0, 0.1) is 29.4 Å². The third-order valence-electron chi connectivity index (χ3n) is 9.80. The molecule has 0 spiro atoms. The van der Waals surface area contributed by atoms with Gasteiger partial charge in [0.2, 0.25) is 15.9 Å². The highest BCUT2D eigenvalue weighted by Gasteiger charge is 2.68. The molecule has 0 radical (unpaired) electrons. The number of alkyl halides is 8. The largest absolute Gasteiger partial charge is 0.435 e. The van der Waals surface area contributed by atoms with Gasteiger partial charge in [0.1, 0.15) is 36.0 Å². The number of nitrogens with one attached hydrogen (secondary N) is 2. The summed E-state index contributed by atoms with van der Waals surface area (Å²) >= 11 is 0. The second-order valence-corrected chi connectivity index (χ2v) is 17.0. The molecule has 3 N–H and O–H groups in total. The summed E-state index contributed by atoms with van der Waals surface area (Å²) in [7, 11) is -4.09. The summed E-state index contributed by atoms with van der Waals surface area (Å²) in [6, 6.07) is 8.99. The number of rotatable bonds is 10. The molecule has 1 saturated carbocycles. The predicted molar refractivity (Wildman–Crippen MR) is 196 cm³/mol. The molecule has 60 heavy (non-hydrogen) atoms. The van der Waals surface area contributed by atoms with Crippen LogP contribution in [0.15, 0.2) is 54.6 Å². The van der Waals surface area contributed by atoms with Crippen LogP contribution in [0.3, 0.4) is 0 Å². The van der Waals surface area contributed by atoms with E-state index in [1.54, 1.807) is 0 Å². The number of aromatic nitrogens is 4. The number of para-hydroxylation sites is 1. The highest BCUT2D eigenvalue weighted by molar-refractivity contribution is 7.92. The van der Waals surface area contributed by atoms with Crippen LogP contribution in [0.1, 0.15) is 65.9 Å². The Kier molecular flexibility index (Phi) is 10.3. The molecule has 3 atom stereocenters. The lowest BCUT2D eigenvalue weighted by molar-refractivity contribution is -0.142. The fourth-order valence-corrected chi connectivity index (χ4v) is 8.06. The van der Waals surface area contributed by atoms with Gasteiger partial charge in [-0.05, 0) is 79.6 Å². The Morgan fingerprint density at radius 3 is 2.28 bits per heavy atom. The van der Waals surface area contributed by atoms with Crippen LogP contribution in [0.4, 0.5) is 49.7 Å². The van der Waals surface area contributed by atoms with Crippen molar-refractivity contribution in [3.63, 3.8) is 0 Å². The van der Waals surface area contributed by atoms with Crippen molar-refractivity contribution in [1.29, 1.82) is 0 Å². The standard InChI is InChI=1S/C39H32F10N6O4S/c1-36(2,57)10-9-19-7-8-23(24-5-4-6-25-32(24)55(18-37(42,43)44)52-35(25)53-60(3,58)59)26(13-19)29(14-20-11-21(40)15-22(41)12-20)50-30(56)17-54-34-31(33(51-54)39(47,48)49)27-16-28(27)38(34,45)46/h4-8,11-13,15,27-29,57H,14,16-18H2,1-3H3,(H,50,56)(H,52,53)/t27-,28+,29-/m0/s1. The first kappa shape index (κ1) is 42.5. The average Bonchev–Trinajstić information content (AvgIpc) is 3.63. The number of carbonyl (C=O) groups excluding carboxylic acids is 1. The summed E-state index contributed by atoms with van der Waals surface area (Å²) in [5.41, 5.74) is -5.13. The second-order valence-electron chi connectivity index (χ2n) is 15.2. The third kappa shape index (κ3) is 8.80. The smallest absolute Gasteiger partial charge is 0.378 e. The highest BCUT2D eigenvalue weighted by atomic mass is 32.2. The van der Waals surface area contributed by atoms with Gasteiger partial charge in [-0.25, -0.2) is 17.2 Å². The molecule has 2 heterocycles. The van der Waals surface area contributed by atoms with Crippen molar-refractivity contribution in [3.8, 4) is 23.0 Å². The molecule has 0 bridgehead atoms. The van der Waals surface area contributed by atoms with Crippen LogP contribution in [0.25, 0.3) is 22.0 Å². The molecule has 0 saturated heterocycles. The van der Waals surface area contributed by atoms with Crippen molar-refractivity contribution >= 4 is 32.7 Å². The Hall–Kier alpha value is -5.62. The van der Waals surface area contributed by atoms with Gasteiger partial charge in [-0.1, -0.05) is 30.0 Å². The molecular formula is C39H32F10N6O4S. The minimum Gasteiger partial charge on any atom is -0.378 e. The van der Waals surface area contributed by atoms with E-state index in [0.29, 0.717) is 10.7 Å². The van der Waals surface area contributed by atoms with Crippen LogP contribution < -0.4 is 10.0 Å². The molecule has 2 aliphatic carbocycles. The zero-order chi connectivity index (χ0) is 43.9. The van der Waals surface area contributed by atoms with E-state index in [1.165, 1.54) is 50.2 Å². The lowest BCUT2D eigenvalue weighted by Gasteiger charge is -2.24. The van der Waals surface area contributed by atoms with Gasteiger partial charge in [0.15, 0.2) is 11.5 Å². The Balaban J connectivity index is 1.41. The molecule has 10 nitrogen and oxygen atoms in total. The number of hydrogen-bond donors (Lipinski definition) is 3. The van der Waals surface area contributed by atoms with Gasteiger partial charge in [-0.15, -0.1) is 0 Å². The second kappa shape index (κ2) is 14.5. The Bertz CT molecular complexity index is 2700. The molecule has 21 heteroatoms. The fraction of sp³-hybridized carbons (Fsp3) is 0.359. The lowest BCUT2D eigenvalue weighted by Crippen LogP contribution is -2.35. The maximum Gasteiger partial charge on any atom is 0.435 e. The van der Waals surface area contributed by atoms with Crippen LogP contribution in [0.5, 0.6) is 0 Å². The van der Waals surface area contributed by atoms with E-state index >= 15 is 8.78 Å². The Morgan fingerprint density at radius 1 is 0.983 bits per heavy atom.